The third-order valence-electron chi connectivity index (χ3n) is 20.1. The van der Waals surface area contributed by atoms with Crippen molar-refractivity contribution in [3.8, 4) is 0 Å². The summed E-state index contributed by atoms with van der Waals surface area (Å²) < 4.78 is 0. The van der Waals surface area contributed by atoms with Crippen LogP contribution in [-0.2, 0) is 107 Å². The molecule has 1 aliphatic rings. The number of thiol groups is 1. The Bertz CT molecular complexity index is 4460. The van der Waals surface area contributed by atoms with Crippen molar-refractivity contribution in [1.29, 1.82) is 0 Å². The fourth-order valence-corrected chi connectivity index (χ4v) is 13.6. The first-order chi connectivity index (χ1) is 57.8. The smallest absolute Gasteiger partial charge is 0.326 e. The van der Waals surface area contributed by atoms with E-state index in [2.05, 4.69) is 96.7 Å². The molecule has 16 amide bonds. The number of amides is 16. The molecule has 0 radical (unpaired) electrons. The average Bonchev–Trinajstić information content (AvgIpc) is 1.66. The second-order valence-corrected chi connectivity index (χ2v) is 32.0. The van der Waals surface area contributed by atoms with Crippen molar-refractivity contribution < 1.29 is 91.7 Å². The molecule has 0 aliphatic carbocycles. The lowest BCUT2D eigenvalue weighted by molar-refractivity contribution is -0.143. The molecule has 2 aromatic heterocycles. The lowest BCUT2D eigenvalue weighted by atomic mass is 10.00. The summed E-state index contributed by atoms with van der Waals surface area (Å²) in [7, 11) is 0. The first kappa shape index (κ1) is 98.5. The van der Waals surface area contributed by atoms with Gasteiger partial charge >= 0.3 is 5.97 Å². The summed E-state index contributed by atoms with van der Waals surface area (Å²) in [6, 6.07) is 3.09. The number of imidazole rings is 1. The number of carbonyl (C=O) groups is 17. The standard InChI is InChI=1S/C82H116N20O19S/c1-42(2)29-54(96-80(118)67(85)44(5)6)73(111)94-58(34-50-37-86-41-89-50)76(114)100-62(40-122)70(108)88-38-66(106)102-28-18-25-63(102)79(117)95-57(33-49-36-87-52-24-17-16-23-51(49)52)75(113)99-61(39-103)78(116)93-56(32-48-21-14-11-15-22-48)74(112)91-53(26-27-64(83)104)71(109)92-55(31-47-19-12-10-13-20-47)72(110)90-46(9)69(107)101-68(45(7)8)81(119)97-59(35-65(84)105)77(115)98-60(82(120)121)30-43(3)4/h10-17,19-24,36-37,41-46,53-63,67-68,87,103,122H,18,25-35,38-40,85H2,1-9H3,(H2,83,104)(H2,84,105)(H,86,89)(H,88,108)(H,90,110)(H,91,112)(H,92,109)(H,93,116)(H,94,111)(H,95,117)(H,96,118)(H,97,119)(H,98,115)(H,99,113)(H,100,114)(H,101,107)(H,120,121)/t46-,53-,54-,55-,56-,57-,58-,59-,60-,61-,62-,63-,67-,68-/m0/s1. The van der Waals surface area contributed by atoms with Crippen molar-refractivity contribution in [2.45, 2.75) is 218 Å². The molecule has 23 N–H and O–H groups in total. The number of hydrogen-bond acceptors (Lipinski definition) is 21. The van der Waals surface area contributed by atoms with Gasteiger partial charge < -0.3 is 111 Å². The summed E-state index contributed by atoms with van der Waals surface area (Å²) in [5.41, 5.74) is 19.6. The zero-order chi connectivity index (χ0) is 90.2. The Morgan fingerprint density at radius 1 is 0.500 bits per heavy atom. The van der Waals surface area contributed by atoms with Crippen LogP contribution in [0.15, 0.2) is 104 Å². The number of primary amides is 2. The number of likely N-dealkylation sites (tertiary alicyclic amines) is 1. The van der Waals surface area contributed by atoms with Crippen LogP contribution < -0.4 is 86.3 Å². The van der Waals surface area contributed by atoms with E-state index in [4.69, 9.17) is 17.2 Å². The first-order valence-corrected chi connectivity index (χ1v) is 41.0. The highest BCUT2D eigenvalue weighted by atomic mass is 32.1. The van der Waals surface area contributed by atoms with E-state index >= 15 is 0 Å². The van der Waals surface area contributed by atoms with Gasteiger partial charge in [-0.2, -0.15) is 12.6 Å². The van der Waals surface area contributed by atoms with Gasteiger partial charge in [0.2, 0.25) is 94.5 Å². The van der Waals surface area contributed by atoms with Gasteiger partial charge in [0.05, 0.1) is 31.9 Å². The molecule has 664 valence electrons. The lowest BCUT2D eigenvalue weighted by Crippen LogP contribution is -2.61. The Morgan fingerprint density at radius 2 is 0.984 bits per heavy atom. The van der Waals surface area contributed by atoms with E-state index in [0.29, 0.717) is 39.7 Å². The maximum absolute atomic E-state index is 14.9. The predicted octanol–water partition coefficient (Wildman–Crippen LogP) is -3.01. The van der Waals surface area contributed by atoms with Gasteiger partial charge in [-0.05, 0) is 85.5 Å². The normalized spacial score (nSPS) is 15.8. The number of benzene rings is 3. The van der Waals surface area contributed by atoms with Crippen LogP contribution in [0.1, 0.15) is 130 Å². The zero-order valence-electron chi connectivity index (χ0n) is 69.7. The number of aromatic nitrogens is 3. The van der Waals surface area contributed by atoms with Gasteiger partial charge in [0.15, 0.2) is 0 Å². The highest BCUT2D eigenvalue weighted by molar-refractivity contribution is 7.80. The molecule has 0 bridgehead atoms. The number of aliphatic hydroxyl groups excluding tert-OH is 1. The van der Waals surface area contributed by atoms with Crippen molar-refractivity contribution in [2.75, 3.05) is 25.4 Å². The Balaban J connectivity index is 1.17. The summed E-state index contributed by atoms with van der Waals surface area (Å²) >= 11 is 4.31. The monoisotopic (exact) mass is 1720 g/mol. The number of carbonyl (C=O) groups excluding carboxylic acids is 16. The summed E-state index contributed by atoms with van der Waals surface area (Å²) in [5, 5.41) is 54.5. The quantitative estimate of drug-likeness (QED) is 0.0172. The largest absolute Gasteiger partial charge is 0.480 e. The van der Waals surface area contributed by atoms with Gasteiger partial charge in [-0.1, -0.05) is 134 Å². The molecule has 3 aromatic carbocycles. The van der Waals surface area contributed by atoms with Crippen LogP contribution in [-0.4, -0.2) is 241 Å². The summed E-state index contributed by atoms with van der Waals surface area (Å²) in [6.45, 7) is 13.2. The van der Waals surface area contributed by atoms with Gasteiger partial charge in [0, 0.05) is 73.4 Å². The van der Waals surface area contributed by atoms with Crippen LogP contribution in [0.25, 0.3) is 10.9 Å². The van der Waals surface area contributed by atoms with Gasteiger partial charge in [0.25, 0.3) is 0 Å². The summed E-state index contributed by atoms with van der Waals surface area (Å²) in [4.78, 5) is 246. The van der Waals surface area contributed by atoms with Crippen LogP contribution in [0, 0.1) is 23.7 Å². The molecule has 5 aromatic rings. The van der Waals surface area contributed by atoms with Crippen molar-refractivity contribution in [1.82, 2.24) is 89.0 Å². The van der Waals surface area contributed by atoms with E-state index in [9.17, 15) is 91.7 Å². The average molecular weight is 1720 g/mol. The Morgan fingerprint density at radius 3 is 1.52 bits per heavy atom. The van der Waals surface area contributed by atoms with E-state index < -0.39 is 223 Å². The maximum atomic E-state index is 14.9. The first-order valence-electron chi connectivity index (χ1n) is 40.4. The van der Waals surface area contributed by atoms with E-state index in [1.165, 1.54) is 38.2 Å². The van der Waals surface area contributed by atoms with E-state index in [0.717, 1.165) is 0 Å². The molecule has 122 heavy (non-hydrogen) atoms. The lowest BCUT2D eigenvalue weighted by Gasteiger charge is -2.28. The minimum Gasteiger partial charge on any atom is -0.480 e. The molecule has 1 saturated heterocycles. The number of rotatable bonds is 49. The number of nitrogens with zero attached hydrogens (tertiary/aromatic N) is 2. The maximum Gasteiger partial charge on any atom is 0.326 e. The van der Waals surface area contributed by atoms with Crippen molar-refractivity contribution in [2.24, 2.45) is 40.9 Å². The highest BCUT2D eigenvalue weighted by Gasteiger charge is 2.41. The molecule has 40 heteroatoms. The number of carboxylic acids is 1. The van der Waals surface area contributed by atoms with Crippen LogP contribution >= 0.6 is 12.6 Å². The molecule has 0 unspecified atom stereocenters. The molecule has 14 atom stereocenters. The highest BCUT2D eigenvalue weighted by Crippen LogP contribution is 2.23. The number of nitrogens with two attached hydrogens (primary N) is 3. The number of aliphatic hydroxyl groups is 1. The number of H-pyrrole nitrogens is 2. The van der Waals surface area contributed by atoms with Gasteiger partial charge in [-0.15, -0.1) is 0 Å². The number of fused-ring (bicyclic) bond motifs is 1. The number of aliphatic carboxylic acids is 1. The SMILES string of the molecule is CC(C)C[C@H](NC(=O)[C@H](CC(N)=O)NC(=O)[C@@H](NC(=O)[C@H](C)NC(=O)[C@H](Cc1ccccc1)NC(=O)[C@H](CCC(N)=O)NC(=O)[C@H](Cc1ccccc1)NC(=O)[C@H](CO)NC(=O)[C@H](Cc1c[nH]c2ccccc12)NC(=O)[C@@H]1CCCN1C(=O)CNC(=O)[C@H](CS)NC(=O)[C@H](Cc1cnc[nH]1)NC(=O)[C@H](CC(C)C)NC(=O)[C@@H](N)C(C)C)C(C)C)C(=O)O. The van der Waals surface area contributed by atoms with Gasteiger partial charge in [0.1, 0.15) is 78.5 Å². The second-order valence-electron chi connectivity index (χ2n) is 31.7. The second kappa shape index (κ2) is 48.2. The molecule has 1 aliphatic heterocycles. The number of aromatic amines is 2. The number of nitrogens with one attached hydrogen (secondary N) is 15. The van der Waals surface area contributed by atoms with Crippen molar-refractivity contribution in [3.63, 3.8) is 0 Å². The zero-order valence-corrected chi connectivity index (χ0v) is 70.6. The fraction of sp³-hybridized carbons (Fsp3) is 0.512. The summed E-state index contributed by atoms with van der Waals surface area (Å²) in [5.74, 6) is -17.6. The van der Waals surface area contributed by atoms with Crippen LogP contribution in [0.4, 0.5) is 0 Å². The van der Waals surface area contributed by atoms with E-state index in [1.807, 2.05) is 13.8 Å². The number of carboxylic acid groups (broad SMARTS) is 1. The molecular weight excluding hydrogens is 1600 g/mol. The molecule has 1 fully saturated rings. The summed E-state index contributed by atoms with van der Waals surface area (Å²) in [6.07, 6.45) is 2.27. The van der Waals surface area contributed by atoms with Crippen LogP contribution in [0.3, 0.4) is 0 Å². The third-order valence-corrected chi connectivity index (χ3v) is 20.5. The molecule has 0 saturated carbocycles. The van der Waals surface area contributed by atoms with Gasteiger partial charge in [-0.25, -0.2) is 9.78 Å². The molecule has 0 spiro atoms. The van der Waals surface area contributed by atoms with Crippen molar-refractivity contribution >= 4 is 124 Å². The Labute approximate surface area is 711 Å². The van der Waals surface area contributed by atoms with Gasteiger partial charge in [-0.3, -0.25) is 76.7 Å². The molecular formula is C82H116N20O19S. The third kappa shape index (κ3) is 31.0. The fourth-order valence-electron chi connectivity index (χ4n) is 13.3. The minimum atomic E-state index is -1.87. The van der Waals surface area contributed by atoms with E-state index in [-0.39, 0.29) is 75.0 Å². The number of hydrogen-bond donors (Lipinski definition) is 21. The Kier molecular flexibility index (Phi) is 38.9. The van der Waals surface area contributed by atoms with Crippen molar-refractivity contribution in [3.05, 3.63) is 126 Å². The Hall–Kier alpha value is -12.3. The molecule has 6 rings (SSSR count). The predicted molar refractivity (Wildman–Crippen MR) is 449 cm³/mol. The topological polar surface area (TPSA) is 613 Å². The van der Waals surface area contributed by atoms with Crippen LogP contribution in [0.2, 0.25) is 0 Å². The van der Waals surface area contributed by atoms with E-state index in [1.54, 1.807) is 119 Å². The molecule has 39 nitrogen and oxygen atoms in total. The molecule has 3 heterocycles. The van der Waals surface area contributed by atoms with Crippen LogP contribution in [0.5, 0.6) is 0 Å². The number of para-hydroxylation sites is 1. The minimum absolute atomic E-state index is 0.00295.